The highest BCUT2D eigenvalue weighted by Gasteiger charge is 2.18. The molecule has 1 unspecified atom stereocenters. The number of carboxylic acid groups (broad SMARTS) is 1. The van der Waals surface area contributed by atoms with Crippen molar-refractivity contribution in [3.63, 3.8) is 0 Å². The molecular formula is C16H18N6O3. The third-order valence-corrected chi connectivity index (χ3v) is 3.83. The largest absolute Gasteiger partial charge is 0.476 e. The van der Waals surface area contributed by atoms with Crippen LogP contribution in [0.25, 0.3) is 11.0 Å². The summed E-state index contributed by atoms with van der Waals surface area (Å²) in [6.07, 6.45) is 1.22. The van der Waals surface area contributed by atoms with Crippen molar-refractivity contribution >= 4 is 22.9 Å². The molecule has 2 aromatic heterocycles. The van der Waals surface area contributed by atoms with Crippen molar-refractivity contribution in [1.82, 2.24) is 29.9 Å². The first-order chi connectivity index (χ1) is 12.0. The molecule has 0 aliphatic rings. The second-order valence-corrected chi connectivity index (χ2v) is 5.60. The van der Waals surface area contributed by atoms with Gasteiger partial charge < -0.3 is 15.0 Å². The number of rotatable bonds is 6. The molecule has 1 aromatic carbocycles. The van der Waals surface area contributed by atoms with Crippen molar-refractivity contribution < 1.29 is 14.7 Å². The zero-order chi connectivity index (χ0) is 18.0. The second kappa shape index (κ2) is 6.71. The first-order valence-corrected chi connectivity index (χ1v) is 7.87. The first kappa shape index (κ1) is 16.6. The predicted octanol–water partition coefficient (Wildman–Crippen LogP) is 1.22. The molecule has 0 radical (unpaired) electrons. The summed E-state index contributed by atoms with van der Waals surface area (Å²) in [6.45, 7) is 4.50. The van der Waals surface area contributed by atoms with Crippen LogP contribution in [0.3, 0.4) is 0 Å². The Balaban J connectivity index is 1.74. The van der Waals surface area contributed by atoms with Crippen molar-refractivity contribution in [3.05, 3.63) is 42.0 Å². The molecule has 3 rings (SSSR count). The number of benzene rings is 1. The molecule has 9 heteroatoms. The standard InChI is InChI=1S/C16H18N6O3/c1-3-22-13-7-5-4-6-11(13)18-15(22)10(2)17-14(23)9-21-8-12(16(24)25)19-20-21/h4-8,10H,3,9H2,1-2H3,(H,17,23)(H,24,25). The summed E-state index contributed by atoms with van der Waals surface area (Å²) < 4.78 is 3.24. The van der Waals surface area contributed by atoms with Crippen LogP contribution in [-0.4, -0.2) is 41.5 Å². The number of hydrogen-bond acceptors (Lipinski definition) is 5. The summed E-state index contributed by atoms with van der Waals surface area (Å²) in [5, 5.41) is 18.8. The maximum absolute atomic E-state index is 12.2. The lowest BCUT2D eigenvalue weighted by atomic mass is 10.3. The van der Waals surface area contributed by atoms with Crippen LogP contribution in [-0.2, 0) is 17.9 Å². The number of amides is 1. The highest BCUT2D eigenvalue weighted by atomic mass is 16.4. The van der Waals surface area contributed by atoms with Gasteiger partial charge in [0.05, 0.1) is 23.3 Å². The highest BCUT2D eigenvalue weighted by Crippen LogP contribution is 2.20. The van der Waals surface area contributed by atoms with Crippen molar-refractivity contribution in [1.29, 1.82) is 0 Å². The second-order valence-electron chi connectivity index (χ2n) is 5.60. The van der Waals surface area contributed by atoms with E-state index in [0.717, 1.165) is 23.4 Å². The van der Waals surface area contributed by atoms with Crippen molar-refractivity contribution in [2.24, 2.45) is 0 Å². The Morgan fingerprint density at radius 1 is 1.32 bits per heavy atom. The molecule has 0 saturated carbocycles. The number of nitrogens with zero attached hydrogens (tertiary/aromatic N) is 5. The minimum atomic E-state index is -1.18. The summed E-state index contributed by atoms with van der Waals surface area (Å²) >= 11 is 0. The molecule has 0 bridgehead atoms. The maximum atomic E-state index is 12.2. The van der Waals surface area contributed by atoms with Gasteiger partial charge in [-0.25, -0.2) is 14.5 Å². The van der Waals surface area contributed by atoms with Crippen molar-refractivity contribution in [2.45, 2.75) is 33.0 Å². The van der Waals surface area contributed by atoms with Gasteiger partial charge in [0.2, 0.25) is 5.91 Å². The van der Waals surface area contributed by atoms with Crippen molar-refractivity contribution in [3.8, 4) is 0 Å². The minimum absolute atomic E-state index is 0.114. The Morgan fingerprint density at radius 3 is 2.76 bits per heavy atom. The summed E-state index contributed by atoms with van der Waals surface area (Å²) in [7, 11) is 0. The molecule has 0 aliphatic heterocycles. The van der Waals surface area contributed by atoms with E-state index in [2.05, 4.69) is 25.2 Å². The van der Waals surface area contributed by atoms with Crippen LogP contribution in [0.4, 0.5) is 0 Å². The Kier molecular flexibility index (Phi) is 4.46. The van der Waals surface area contributed by atoms with Crippen LogP contribution in [0, 0.1) is 0 Å². The van der Waals surface area contributed by atoms with Gasteiger partial charge in [0, 0.05) is 6.54 Å². The van der Waals surface area contributed by atoms with Gasteiger partial charge in [0.25, 0.3) is 0 Å². The monoisotopic (exact) mass is 342 g/mol. The van der Waals surface area contributed by atoms with Gasteiger partial charge in [-0.05, 0) is 26.0 Å². The molecular weight excluding hydrogens is 324 g/mol. The van der Waals surface area contributed by atoms with Crippen LogP contribution in [0.2, 0.25) is 0 Å². The Labute approximate surface area is 143 Å². The topological polar surface area (TPSA) is 115 Å². The Morgan fingerprint density at radius 2 is 2.08 bits per heavy atom. The average molecular weight is 342 g/mol. The van der Waals surface area contributed by atoms with E-state index in [4.69, 9.17) is 5.11 Å². The number of para-hydroxylation sites is 2. The molecule has 1 amide bonds. The Hall–Kier alpha value is -3.23. The molecule has 0 spiro atoms. The van der Waals surface area contributed by atoms with Crippen LogP contribution in [0.15, 0.2) is 30.5 Å². The number of aromatic carboxylic acids is 1. The molecule has 1 atom stereocenters. The third kappa shape index (κ3) is 3.35. The SMILES string of the molecule is CCn1c(C(C)NC(=O)Cn2cc(C(=O)O)nn2)nc2ccccc21. The average Bonchev–Trinajstić information content (AvgIpc) is 3.18. The van der Waals surface area contributed by atoms with Gasteiger partial charge >= 0.3 is 5.97 Å². The number of fused-ring (bicyclic) bond motifs is 1. The number of hydrogen-bond donors (Lipinski definition) is 2. The highest BCUT2D eigenvalue weighted by molar-refractivity contribution is 5.85. The summed E-state index contributed by atoms with van der Waals surface area (Å²) in [6, 6.07) is 7.50. The van der Waals surface area contributed by atoms with Gasteiger partial charge in [0.1, 0.15) is 12.4 Å². The van der Waals surface area contributed by atoms with Crippen LogP contribution < -0.4 is 5.32 Å². The van der Waals surface area contributed by atoms with Gasteiger partial charge in [-0.15, -0.1) is 5.10 Å². The van der Waals surface area contributed by atoms with Crippen LogP contribution in [0.1, 0.15) is 36.2 Å². The zero-order valence-electron chi connectivity index (χ0n) is 13.9. The lowest BCUT2D eigenvalue weighted by Crippen LogP contribution is -2.31. The quantitative estimate of drug-likeness (QED) is 0.696. The summed E-state index contributed by atoms with van der Waals surface area (Å²) in [4.78, 5) is 27.6. The molecule has 130 valence electrons. The molecule has 0 saturated heterocycles. The summed E-state index contributed by atoms with van der Waals surface area (Å²) in [5.74, 6) is -0.720. The van der Waals surface area contributed by atoms with E-state index in [0.29, 0.717) is 0 Å². The normalized spacial score (nSPS) is 12.2. The van der Waals surface area contributed by atoms with E-state index in [9.17, 15) is 9.59 Å². The fourth-order valence-corrected chi connectivity index (χ4v) is 2.73. The van der Waals surface area contributed by atoms with Gasteiger partial charge in [-0.2, -0.15) is 0 Å². The molecule has 2 heterocycles. The van der Waals surface area contributed by atoms with E-state index in [1.54, 1.807) is 0 Å². The predicted molar refractivity (Wildman–Crippen MR) is 88.9 cm³/mol. The fraction of sp³-hybridized carbons (Fsp3) is 0.312. The molecule has 3 aromatic rings. The maximum Gasteiger partial charge on any atom is 0.358 e. The van der Waals surface area contributed by atoms with Gasteiger partial charge in [0.15, 0.2) is 5.69 Å². The fourth-order valence-electron chi connectivity index (χ4n) is 2.73. The van der Waals surface area contributed by atoms with Crippen LogP contribution >= 0.6 is 0 Å². The summed E-state index contributed by atoms with van der Waals surface area (Å²) in [5.41, 5.74) is 1.69. The lowest BCUT2D eigenvalue weighted by molar-refractivity contribution is -0.122. The molecule has 0 aliphatic carbocycles. The number of nitrogens with one attached hydrogen (secondary N) is 1. The number of aromatic nitrogens is 5. The third-order valence-electron chi connectivity index (χ3n) is 3.83. The number of carbonyl (C=O) groups excluding carboxylic acids is 1. The van der Waals surface area contributed by atoms with E-state index in [1.807, 2.05) is 38.1 Å². The number of imidazole rings is 1. The number of carbonyl (C=O) groups is 2. The molecule has 2 N–H and O–H groups in total. The van der Waals surface area contributed by atoms with E-state index >= 15 is 0 Å². The van der Waals surface area contributed by atoms with E-state index < -0.39 is 5.97 Å². The first-order valence-electron chi connectivity index (χ1n) is 7.87. The number of carboxylic acids is 1. The van der Waals surface area contributed by atoms with Crippen LogP contribution in [0.5, 0.6) is 0 Å². The zero-order valence-corrected chi connectivity index (χ0v) is 13.9. The smallest absolute Gasteiger partial charge is 0.358 e. The van der Waals surface area contributed by atoms with E-state index in [1.165, 1.54) is 10.9 Å². The van der Waals surface area contributed by atoms with Gasteiger partial charge in [-0.3, -0.25) is 4.79 Å². The van der Waals surface area contributed by atoms with Crippen molar-refractivity contribution in [2.75, 3.05) is 0 Å². The lowest BCUT2D eigenvalue weighted by Gasteiger charge is -2.15. The number of aryl methyl sites for hydroxylation is 1. The molecule has 9 nitrogen and oxygen atoms in total. The molecule has 25 heavy (non-hydrogen) atoms. The molecule has 0 fully saturated rings. The van der Waals surface area contributed by atoms with Gasteiger partial charge in [-0.1, -0.05) is 17.3 Å². The van der Waals surface area contributed by atoms with E-state index in [-0.39, 0.29) is 24.2 Å². The minimum Gasteiger partial charge on any atom is -0.476 e. The Bertz CT molecular complexity index is 929.